The summed E-state index contributed by atoms with van der Waals surface area (Å²) in [6.45, 7) is 0. The van der Waals surface area contributed by atoms with E-state index >= 15 is 0 Å². The van der Waals surface area contributed by atoms with Gasteiger partial charge in [0, 0.05) is 17.7 Å². The second kappa shape index (κ2) is 5.28. The number of nitrogens with two attached hydrogens (primary N) is 1. The SMILES string of the molecule is COc1cc(OC(F)(F)F)ccc1[C@@H](N)C1CCC1. The third-order valence-electron chi connectivity index (χ3n) is 3.46. The van der Waals surface area contributed by atoms with E-state index in [1.54, 1.807) is 6.07 Å². The molecule has 2 rings (SSSR count). The Kier molecular flexibility index (Phi) is 3.89. The van der Waals surface area contributed by atoms with Crippen molar-refractivity contribution in [1.29, 1.82) is 0 Å². The monoisotopic (exact) mass is 275 g/mol. The van der Waals surface area contributed by atoms with Crippen LogP contribution < -0.4 is 15.2 Å². The van der Waals surface area contributed by atoms with Gasteiger partial charge in [0.05, 0.1) is 7.11 Å². The number of benzene rings is 1. The minimum absolute atomic E-state index is 0.205. The van der Waals surface area contributed by atoms with Crippen molar-refractivity contribution < 1.29 is 22.6 Å². The molecule has 6 heteroatoms. The Morgan fingerprint density at radius 1 is 1.32 bits per heavy atom. The highest BCUT2D eigenvalue weighted by Crippen LogP contribution is 2.40. The van der Waals surface area contributed by atoms with Crippen molar-refractivity contribution in [3.63, 3.8) is 0 Å². The lowest BCUT2D eigenvalue weighted by atomic mass is 9.77. The topological polar surface area (TPSA) is 44.5 Å². The predicted octanol–water partition coefficient (Wildman–Crippen LogP) is 3.39. The fraction of sp³-hybridized carbons (Fsp3) is 0.538. The van der Waals surface area contributed by atoms with E-state index in [0.29, 0.717) is 11.7 Å². The lowest BCUT2D eigenvalue weighted by Crippen LogP contribution is -2.27. The fourth-order valence-electron chi connectivity index (χ4n) is 2.22. The molecule has 0 bridgehead atoms. The van der Waals surface area contributed by atoms with Gasteiger partial charge in [0.15, 0.2) is 0 Å². The van der Waals surface area contributed by atoms with Gasteiger partial charge in [-0.05, 0) is 24.8 Å². The number of halogens is 3. The Balaban J connectivity index is 2.20. The van der Waals surface area contributed by atoms with Crippen LogP contribution in [0.5, 0.6) is 11.5 Å². The molecule has 1 aliphatic rings. The Hall–Kier alpha value is -1.43. The molecule has 1 aromatic rings. The lowest BCUT2D eigenvalue weighted by molar-refractivity contribution is -0.274. The molecule has 0 amide bonds. The van der Waals surface area contributed by atoms with Crippen LogP contribution in [-0.2, 0) is 0 Å². The van der Waals surface area contributed by atoms with E-state index < -0.39 is 6.36 Å². The van der Waals surface area contributed by atoms with Crippen LogP contribution in [0.4, 0.5) is 13.2 Å². The molecule has 1 atom stereocenters. The average Bonchev–Trinajstić information content (AvgIpc) is 2.24. The number of methoxy groups -OCH3 is 1. The van der Waals surface area contributed by atoms with Gasteiger partial charge in [-0.1, -0.05) is 12.5 Å². The Morgan fingerprint density at radius 2 is 2.00 bits per heavy atom. The van der Waals surface area contributed by atoms with Crippen molar-refractivity contribution in [2.45, 2.75) is 31.7 Å². The molecule has 106 valence electrons. The van der Waals surface area contributed by atoms with Gasteiger partial charge in [-0.2, -0.15) is 0 Å². The molecule has 0 unspecified atom stereocenters. The summed E-state index contributed by atoms with van der Waals surface area (Å²) in [6, 6.07) is 3.83. The summed E-state index contributed by atoms with van der Waals surface area (Å²) >= 11 is 0. The molecule has 1 fully saturated rings. The number of rotatable bonds is 4. The van der Waals surface area contributed by atoms with E-state index in [9.17, 15) is 13.2 Å². The molecule has 0 heterocycles. The highest BCUT2D eigenvalue weighted by Gasteiger charge is 2.32. The van der Waals surface area contributed by atoms with E-state index in [2.05, 4.69) is 4.74 Å². The van der Waals surface area contributed by atoms with Crippen LogP contribution in [0.25, 0.3) is 0 Å². The van der Waals surface area contributed by atoms with Gasteiger partial charge in [-0.25, -0.2) is 0 Å². The quantitative estimate of drug-likeness (QED) is 0.916. The molecule has 0 saturated heterocycles. The Bertz CT molecular complexity index is 444. The summed E-state index contributed by atoms with van der Waals surface area (Å²) in [5.41, 5.74) is 6.83. The zero-order valence-corrected chi connectivity index (χ0v) is 10.5. The van der Waals surface area contributed by atoms with Gasteiger partial charge in [-0.15, -0.1) is 13.2 Å². The van der Waals surface area contributed by atoms with Crippen molar-refractivity contribution >= 4 is 0 Å². The zero-order valence-electron chi connectivity index (χ0n) is 10.5. The van der Waals surface area contributed by atoms with Gasteiger partial charge in [0.25, 0.3) is 0 Å². The molecule has 1 aliphatic carbocycles. The average molecular weight is 275 g/mol. The van der Waals surface area contributed by atoms with Gasteiger partial charge in [-0.3, -0.25) is 0 Å². The summed E-state index contributed by atoms with van der Waals surface area (Å²) in [5, 5.41) is 0. The lowest BCUT2D eigenvalue weighted by Gasteiger charge is -2.32. The largest absolute Gasteiger partial charge is 0.573 e. The summed E-state index contributed by atoms with van der Waals surface area (Å²) in [6.07, 6.45) is -1.46. The van der Waals surface area contributed by atoms with Crippen LogP contribution in [-0.4, -0.2) is 13.5 Å². The third kappa shape index (κ3) is 3.32. The van der Waals surface area contributed by atoms with E-state index in [-0.39, 0.29) is 11.8 Å². The van der Waals surface area contributed by atoms with Crippen molar-refractivity contribution in [1.82, 2.24) is 0 Å². The first-order valence-electron chi connectivity index (χ1n) is 6.10. The molecule has 0 aromatic heterocycles. The molecule has 1 aromatic carbocycles. The van der Waals surface area contributed by atoms with Crippen LogP contribution in [0.15, 0.2) is 18.2 Å². The maximum atomic E-state index is 12.1. The maximum Gasteiger partial charge on any atom is 0.573 e. The summed E-state index contributed by atoms with van der Waals surface area (Å²) in [5.74, 6) is 0.415. The fourth-order valence-corrected chi connectivity index (χ4v) is 2.22. The van der Waals surface area contributed by atoms with Crippen LogP contribution in [0.2, 0.25) is 0 Å². The number of hydrogen-bond donors (Lipinski definition) is 1. The standard InChI is InChI=1S/C13H16F3NO2/c1-18-11-7-9(19-13(14,15)16)5-6-10(11)12(17)8-3-2-4-8/h5-8,12H,2-4,17H2,1H3/t12-/m0/s1. The predicted molar refractivity (Wildman–Crippen MR) is 63.9 cm³/mol. The molecule has 19 heavy (non-hydrogen) atoms. The number of ether oxygens (including phenoxy) is 2. The maximum absolute atomic E-state index is 12.1. The van der Waals surface area contributed by atoms with E-state index in [1.807, 2.05) is 0 Å². The van der Waals surface area contributed by atoms with E-state index in [0.717, 1.165) is 24.8 Å². The molecule has 1 saturated carbocycles. The molecular formula is C13H16F3NO2. The molecular weight excluding hydrogens is 259 g/mol. The third-order valence-corrected chi connectivity index (χ3v) is 3.46. The van der Waals surface area contributed by atoms with Crippen LogP contribution in [0, 0.1) is 5.92 Å². The smallest absolute Gasteiger partial charge is 0.496 e. The Labute approximate surface area is 109 Å². The van der Waals surface area contributed by atoms with Crippen molar-refractivity contribution in [3.05, 3.63) is 23.8 Å². The normalized spacial score (nSPS) is 17.7. The minimum Gasteiger partial charge on any atom is -0.496 e. The van der Waals surface area contributed by atoms with Crippen LogP contribution in [0.3, 0.4) is 0 Å². The minimum atomic E-state index is -4.71. The highest BCUT2D eigenvalue weighted by molar-refractivity contribution is 5.42. The number of hydrogen-bond acceptors (Lipinski definition) is 3. The van der Waals surface area contributed by atoms with E-state index in [4.69, 9.17) is 10.5 Å². The van der Waals surface area contributed by atoms with Crippen LogP contribution >= 0.6 is 0 Å². The summed E-state index contributed by atoms with van der Waals surface area (Å²) < 4.78 is 45.4. The molecule has 0 aliphatic heterocycles. The van der Waals surface area contributed by atoms with Crippen LogP contribution in [0.1, 0.15) is 30.9 Å². The second-order valence-corrected chi connectivity index (χ2v) is 4.67. The Morgan fingerprint density at radius 3 is 2.47 bits per heavy atom. The first-order valence-corrected chi connectivity index (χ1v) is 6.10. The van der Waals surface area contributed by atoms with Gasteiger partial charge in [0.2, 0.25) is 0 Å². The first kappa shape index (κ1) is 14.0. The molecule has 0 radical (unpaired) electrons. The highest BCUT2D eigenvalue weighted by atomic mass is 19.4. The summed E-state index contributed by atoms with van der Waals surface area (Å²) in [7, 11) is 1.41. The van der Waals surface area contributed by atoms with Crippen molar-refractivity contribution in [2.24, 2.45) is 11.7 Å². The van der Waals surface area contributed by atoms with Crippen molar-refractivity contribution in [3.8, 4) is 11.5 Å². The van der Waals surface area contributed by atoms with E-state index in [1.165, 1.54) is 19.2 Å². The van der Waals surface area contributed by atoms with Gasteiger partial charge in [0.1, 0.15) is 11.5 Å². The molecule has 0 spiro atoms. The van der Waals surface area contributed by atoms with Gasteiger partial charge >= 0.3 is 6.36 Å². The van der Waals surface area contributed by atoms with Crippen molar-refractivity contribution in [2.75, 3.05) is 7.11 Å². The first-order chi connectivity index (χ1) is 8.90. The molecule has 3 nitrogen and oxygen atoms in total. The zero-order chi connectivity index (χ0) is 14.0. The molecule has 2 N–H and O–H groups in total. The summed E-state index contributed by atoms with van der Waals surface area (Å²) in [4.78, 5) is 0. The second-order valence-electron chi connectivity index (χ2n) is 4.67. The number of alkyl halides is 3. The van der Waals surface area contributed by atoms with Gasteiger partial charge < -0.3 is 15.2 Å².